The smallest absolute Gasteiger partial charge is 0.269 e. The van der Waals surface area contributed by atoms with Crippen LogP contribution in [0.4, 0.5) is 5.13 Å². The van der Waals surface area contributed by atoms with Crippen molar-refractivity contribution in [3.8, 4) is 0 Å². The van der Waals surface area contributed by atoms with Crippen LogP contribution in [0.3, 0.4) is 0 Å². The lowest BCUT2D eigenvalue weighted by Gasteiger charge is -2.19. The Kier molecular flexibility index (Phi) is 5.65. The number of amides is 2. The van der Waals surface area contributed by atoms with Crippen molar-refractivity contribution in [3.05, 3.63) is 59.7 Å². The van der Waals surface area contributed by atoms with E-state index >= 15 is 0 Å². The molecule has 7 heteroatoms. The van der Waals surface area contributed by atoms with Gasteiger partial charge in [0.15, 0.2) is 5.13 Å². The summed E-state index contributed by atoms with van der Waals surface area (Å²) < 4.78 is 1.05. The number of carbonyl (C=O) groups excluding carboxylic acids is 2. The summed E-state index contributed by atoms with van der Waals surface area (Å²) in [5.41, 5.74) is 7.44. The van der Waals surface area contributed by atoms with Gasteiger partial charge in [0, 0.05) is 5.56 Å². The van der Waals surface area contributed by atoms with Crippen LogP contribution in [0.1, 0.15) is 43.6 Å². The Hall–Kier alpha value is -2.93. The zero-order chi connectivity index (χ0) is 20.3. The summed E-state index contributed by atoms with van der Waals surface area (Å²) in [6.07, 6.45) is 0. The molecule has 3 N–H and O–H groups in total. The van der Waals surface area contributed by atoms with Crippen molar-refractivity contribution in [3.63, 3.8) is 0 Å². The zero-order valence-corrected chi connectivity index (χ0v) is 17.2. The number of nitrogens with zero attached hydrogens (tertiary/aromatic N) is 1. The van der Waals surface area contributed by atoms with Crippen molar-refractivity contribution < 1.29 is 9.59 Å². The molecule has 0 radical (unpaired) electrons. The second-order valence-electron chi connectivity index (χ2n) is 7.62. The molecular formula is C21H24N4O2S. The van der Waals surface area contributed by atoms with Crippen LogP contribution in [0.2, 0.25) is 0 Å². The summed E-state index contributed by atoms with van der Waals surface area (Å²) in [6, 6.07) is 14.6. The minimum Gasteiger partial charge on any atom is -0.350 e. The summed E-state index contributed by atoms with van der Waals surface area (Å²) in [6.45, 7) is 8.05. The first-order valence-electron chi connectivity index (χ1n) is 9.07. The van der Waals surface area contributed by atoms with Crippen LogP contribution in [0.5, 0.6) is 0 Å². The van der Waals surface area contributed by atoms with Crippen molar-refractivity contribution in [2.75, 3.05) is 5.32 Å². The maximum atomic E-state index is 12.3. The molecule has 146 valence electrons. The molecule has 0 aliphatic rings. The van der Waals surface area contributed by atoms with Gasteiger partial charge in [0.05, 0.1) is 10.2 Å². The molecule has 1 atom stereocenters. The van der Waals surface area contributed by atoms with Gasteiger partial charge in [0.1, 0.15) is 6.04 Å². The Morgan fingerprint density at radius 3 is 2.32 bits per heavy atom. The number of aromatic nitrogens is 1. The van der Waals surface area contributed by atoms with E-state index in [4.69, 9.17) is 0 Å². The average Bonchev–Trinajstić information content (AvgIpc) is 3.07. The number of thiazole rings is 1. The van der Waals surface area contributed by atoms with Crippen LogP contribution in [0.15, 0.2) is 48.5 Å². The van der Waals surface area contributed by atoms with E-state index in [-0.39, 0.29) is 17.2 Å². The second-order valence-corrected chi connectivity index (χ2v) is 8.65. The topological polar surface area (TPSA) is 83.1 Å². The third-order valence-electron chi connectivity index (χ3n) is 4.34. The van der Waals surface area contributed by atoms with Gasteiger partial charge in [-0.25, -0.2) is 4.98 Å². The van der Waals surface area contributed by atoms with E-state index in [1.165, 1.54) is 11.3 Å². The molecular weight excluding hydrogens is 372 g/mol. The number of benzene rings is 2. The van der Waals surface area contributed by atoms with Gasteiger partial charge in [-0.1, -0.05) is 56.4 Å². The van der Waals surface area contributed by atoms with Gasteiger partial charge >= 0.3 is 0 Å². The predicted octanol–water partition coefficient (Wildman–Crippen LogP) is 3.86. The summed E-state index contributed by atoms with van der Waals surface area (Å²) in [5.74, 6) is -0.708. The Balaban J connectivity index is 1.54. The lowest BCUT2D eigenvalue weighted by Crippen LogP contribution is -2.47. The number of carbonyl (C=O) groups is 2. The van der Waals surface area contributed by atoms with Crippen LogP contribution in [0, 0.1) is 0 Å². The Morgan fingerprint density at radius 2 is 1.68 bits per heavy atom. The van der Waals surface area contributed by atoms with Crippen molar-refractivity contribution in [1.82, 2.24) is 15.8 Å². The van der Waals surface area contributed by atoms with Gasteiger partial charge < -0.3 is 5.32 Å². The first-order chi connectivity index (χ1) is 13.2. The van der Waals surface area contributed by atoms with Crippen LogP contribution < -0.4 is 16.2 Å². The molecule has 28 heavy (non-hydrogen) atoms. The van der Waals surface area contributed by atoms with E-state index < -0.39 is 6.04 Å². The monoisotopic (exact) mass is 396 g/mol. The Labute approximate surface area is 168 Å². The van der Waals surface area contributed by atoms with E-state index in [0.29, 0.717) is 10.7 Å². The van der Waals surface area contributed by atoms with Gasteiger partial charge in [0.25, 0.3) is 11.8 Å². The van der Waals surface area contributed by atoms with Crippen molar-refractivity contribution >= 4 is 38.5 Å². The summed E-state index contributed by atoms with van der Waals surface area (Å²) in [5, 5.41) is 3.72. The van der Waals surface area contributed by atoms with E-state index in [9.17, 15) is 9.59 Å². The van der Waals surface area contributed by atoms with Gasteiger partial charge in [-0.15, -0.1) is 0 Å². The van der Waals surface area contributed by atoms with Crippen LogP contribution in [-0.2, 0) is 10.2 Å². The largest absolute Gasteiger partial charge is 0.350 e. The highest BCUT2D eigenvalue weighted by molar-refractivity contribution is 7.22. The molecule has 1 heterocycles. The molecule has 3 rings (SSSR count). The van der Waals surface area contributed by atoms with E-state index in [0.717, 1.165) is 15.8 Å². The number of hydrogen-bond donors (Lipinski definition) is 3. The van der Waals surface area contributed by atoms with Gasteiger partial charge in [-0.2, -0.15) is 0 Å². The fourth-order valence-electron chi connectivity index (χ4n) is 2.61. The summed E-state index contributed by atoms with van der Waals surface area (Å²) in [4.78, 5) is 29.0. The number of para-hydroxylation sites is 1. The number of fused-ring (bicyclic) bond motifs is 1. The normalized spacial score (nSPS) is 12.4. The van der Waals surface area contributed by atoms with Crippen LogP contribution >= 0.6 is 11.3 Å². The lowest BCUT2D eigenvalue weighted by molar-refractivity contribution is -0.122. The maximum absolute atomic E-state index is 12.3. The quantitative estimate of drug-likeness (QED) is 0.585. The Bertz CT molecular complexity index is 957. The Morgan fingerprint density at radius 1 is 1.00 bits per heavy atom. The van der Waals surface area contributed by atoms with Crippen molar-refractivity contribution in [2.45, 2.75) is 39.2 Å². The van der Waals surface area contributed by atoms with Gasteiger partial charge in [-0.3, -0.25) is 20.4 Å². The average molecular weight is 397 g/mol. The molecule has 0 aliphatic heterocycles. The third kappa shape index (κ3) is 4.67. The molecule has 2 aromatic carbocycles. The van der Waals surface area contributed by atoms with Gasteiger partial charge in [-0.05, 0) is 42.2 Å². The molecule has 3 aromatic rings. The minimum absolute atomic E-state index is 0.0188. The van der Waals surface area contributed by atoms with E-state index in [1.54, 1.807) is 19.1 Å². The predicted molar refractivity (Wildman–Crippen MR) is 113 cm³/mol. The van der Waals surface area contributed by atoms with E-state index in [2.05, 4.69) is 41.9 Å². The molecule has 0 saturated carbocycles. The zero-order valence-electron chi connectivity index (χ0n) is 16.4. The molecule has 0 fully saturated rings. The molecule has 0 spiro atoms. The van der Waals surface area contributed by atoms with E-state index in [1.807, 2.05) is 36.4 Å². The number of hydrazine groups is 1. The number of anilines is 1. The molecule has 0 aliphatic carbocycles. The first-order valence-corrected chi connectivity index (χ1v) is 9.88. The number of nitrogens with one attached hydrogen (secondary N) is 3. The molecule has 0 saturated heterocycles. The standard InChI is InChI=1S/C21H24N4O2S/c1-13(22-20-23-16-7-5-6-8-17(16)28-20)18(26)24-25-19(27)14-9-11-15(12-10-14)21(2,3)4/h5-13H,1-4H3,(H,22,23)(H,24,26)(H,25,27). The number of rotatable bonds is 4. The highest BCUT2D eigenvalue weighted by Gasteiger charge is 2.17. The van der Waals surface area contributed by atoms with Crippen molar-refractivity contribution in [2.24, 2.45) is 0 Å². The lowest BCUT2D eigenvalue weighted by atomic mass is 9.87. The van der Waals surface area contributed by atoms with Gasteiger partial charge in [0.2, 0.25) is 0 Å². The molecule has 6 nitrogen and oxygen atoms in total. The summed E-state index contributed by atoms with van der Waals surface area (Å²) >= 11 is 1.48. The molecule has 1 unspecified atom stereocenters. The minimum atomic E-state index is -0.552. The van der Waals surface area contributed by atoms with Crippen LogP contribution in [-0.4, -0.2) is 22.8 Å². The van der Waals surface area contributed by atoms with Crippen LogP contribution in [0.25, 0.3) is 10.2 Å². The number of hydrogen-bond acceptors (Lipinski definition) is 5. The molecule has 2 amide bonds. The molecule has 0 bridgehead atoms. The highest BCUT2D eigenvalue weighted by Crippen LogP contribution is 2.25. The van der Waals surface area contributed by atoms with Crippen molar-refractivity contribution in [1.29, 1.82) is 0 Å². The maximum Gasteiger partial charge on any atom is 0.269 e. The molecule has 1 aromatic heterocycles. The highest BCUT2D eigenvalue weighted by atomic mass is 32.1. The fraction of sp³-hybridized carbons (Fsp3) is 0.286. The third-order valence-corrected chi connectivity index (χ3v) is 5.31. The first kappa shape index (κ1) is 19.8. The SMILES string of the molecule is CC(Nc1nc2ccccc2s1)C(=O)NNC(=O)c1ccc(C(C)(C)C)cc1. The summed E-state index contributed by atoms with van der Waals surface area (Å²) in [7, 11) is 0. The second kappa shape index (κ2) is 7.98. The fourth-order valence-corrected chi connectivity index (χ4v) is 3.56.